The number of hydrogen-bond acceptors (Lipinski definition) is 12. The van der Waals surface area contributed by atoms with Crippen LogP contribution in [0.5, 0.6) is 0 Å². The largest absolute Gasteiger partial charge is 0.481 e. The lowest BCUT2D eigenvalue weighted by atomic mass is 9.92. The summed E-state index contributed by atoms with van der Waals surface area (Å²) in [5.74, 6) is 1.22. The number of carboxylic acids is 1. The topological polar surface area (TPSA) is 193 Å². The van der Waals surface area contributed by atoms with Gasteiger partial charge in [-0.1, -0.05) is 311 Å². The number of carboxylic acid groups (broad SMARTS) is 1. The average molecular weight is 1980 g/mol. The van der Waals surface area contributed by atoms with Crippen LogP contribution in [-0.4, -0.2) is 153 Å². The molecule has 0 aliphatic heterocycles. The first kappa shape index (κ1) is 109. The average Bonchev–Trinajstić information content (AvgIpc) is 1.32. The summed E-state index contributed by atoms with van der Waals surface area (Å²) < 4.78 is 84.0. The van der Waals surface area contributed by atoms with Gasteiger partial charge >= 0.3 is 5.97 Å². The van der Waals surface area contributed by atoms with Gasteiger partial charge in [0, 0.05) is 76.2 Å². The third kappa shape index (κ3) is 30.2. The third-order valence-corrected chi connectivity index (χ3v) is 51.1. The predicted molar refractivity (Wildman–Crippen MR) is 587 cm³/mol. The number of halogens is 2. The molecule has 3 atom stereocenters. The van der Waals surface area contributed by atoms with Gasteiger partial charge in [-0.2, -0.15) is 0 Å². The molecule has 0 radical (unpaired) electrons. The van der Waals surface area contributed by atoms with Gasteiger partial charge in [0.1, 0.15) is 11.6 Å². The molecule has 2 aliphatic rings. The summed E-state index contributed by atoms with van der Waals surface area (Å²) in [6.07, 6.45) is 13.7. The number of carbonyl (C=O) groups excluding carboxylic acids is 3. The van der Waals surface area contributed by atoms with Crippen LogP contribution in [0.25, 0.3) is 50.1 Å². The van der Waals surface area contributed by atoms with Crippen LogP contribution in [0.15, 0.2) is 285 Å². The van der Waals surface area contributed by atoms with E-state index in [4.69, 9.17) is 34.7 Å². The molecular formula is C113H141F2N2O11P5Si3. The fraction of sp³-hybridized carbons (Fsp3) is 0.345. The molecule has 0 saturated heterocycles. The van der Waals surface area contributed by atoms with Crippen molar-refractivity contribution in [2.24, 2.45) is 0 Å². The van der Waals surface area contributed by atoms with E-state index >= 15 is 0 Å². The number of aromatic nitrogens is 2. The van der Waals surface area contributed by atoms with E-state index in [1.165, 1.54) is 40.2 Å². The van der Waals surface area contributed by atoms with E-state index in [-0.39, 0.29) is 63.7 Å². The second-order valence-corrected chi connectivity index (χ2v) is 73.2. The van der Waals surface area contributed by atoms with Crippen LogP contribution < -0.4 is 31.8 Å². The highest BCUT2D eigenvalue weighted by Crippen LogP contribution is 2.51. The highest BCUT2D eigenvalue weighted by atomic mass is 31.2. The van der Waals surface area contributed by atoms with E-state index < -0.39 is 78.3 Å². The quantitative estimate of drug-likeness (QED) is 0.0181. The number of aldehydes is 1. The van der Waals surface area contributed by atoms with Crippen molar-refractivity contribution in [2.45, 2.75) is 192 Å². The zero-order chi connectivity index (χ0) is 99.6. The van der Waals surface area contributed by atoms with Crippen LogP contribution in [0, 0.1) is 11.6 Å². The summed E-state index contributed by atoms with van der Waals surface area (Å²) in [6, 6.07) is 91.6. The molecule has 136 heavy (non-hydrogen) atoms. The second-order valence-electron chi connectivity index (χ2n) is 42.0. The Hall–Kier alpha value is -9.08. The molecule has 0 bridgehead atoms. The summed E-state index contributed by atoms with van der Waals surface area (Å²) in [5.41, 5.74) is 8.77. The monoisotopic (exact) mass is 1980 g/mol. The summed E-state index contributed by atoms with van der Waals surface area (Å²) in [6.45, 7) is 38.5. The van der Waals surface area contributed by atoms with Crippen LogP contribution in [0.3, 0.4) is 0 Å². The molecular weight excluding hydrogens is 1840 g/mol. The lowest BCUT2D eigenvalue weighted by Crippen LogP contribution is -2.45. The standard InChI is InChI=1S/C32H41FNO3PSi.C31H42O3P2Si.C19H14FNO.C19H17P.C12H27O4PSi/c1-32(2,3)39(6,7)37-26(21-38(4,5)36)20-25(35)18-19-28-30(22-14-16-24(33)17-15-22)27-10-8-9-11-29(27)34-31(28)23-12-13-23;1-31(2,3)37(6,7)34-27(25-35(4,5)33)23-26(32)24-36(28-17-11-8-12-18-28,29-19-13-9-14-20-29)30-21-15-10-16-22-30;20-14-9-7-12(8-10-14)18-15-3-1-2-4-17(15)21-19(13-5-6-13)16(18)11-22;1-20(17-11-5-2-6-12-17,18-13-7-3-8-14-18)19-15-9-4-10-16-19;1-12(2,3)18(6,7)16-10(8-11(13)14)9-17(4,5)15/h8-11,14-19,23,26H,12-13,20-21H2,1-7H3;8-22,24,27H,23,25H2,1-7H3;1-4,7-11,13H,5-6H2;2-16H,1H2;10H,8-9H2,1-7H3,(H,13,14)/b19-18+;;;;/t26-;27-;;;10-/m11..1/s1. The lowest BCUT2D eigenvalue weighted by Gasteiger charge is -2.39. The molecule has 10 aromatic carbocycles. The molecule has 720 valence electrons. The number of aliphatic carboxylic acids is 1. The van der Waals surface area contributed by atoms with Gasteiger partial charge in [-0.05, 0) is 231 Å². The molecule has 1 N–H and O–H groups in total. The summed E-state index contributed by atoms with van der Waals surface area (Å²) in [7, 11) is -13.4. The van der Waals surface area contributed by atoms with E-state index in [0.717, 1.165) is 109 Å². The van der Waals surface area contributed by atoms with Crippen LogP contribution in [0.1, 0.15) is 146 Å². The first-order valence-electron chi connectivity index (χ1n) is 47.0. The summed E-state index contributed by atoms with van der Waals surface area (Å²) in [5, 5.41) is 18.2. The van der Waals surface area contributed by atoms with Crippen molar-refractivity contribution in [1.29, 1.82) is 0 Å². The van der Waals surface area contributed by atoms with Crippen molar-refractivity contribution in [2.75, 3.05) is 58.5 Å². The van der Waals surface area contributed by atoms with E-state index in [9.17, 15) is 41.7 Å². The van der Waals surface area contributed by atoms with Gasteiger partial charge in [0.2, 0.25) is 0 Å². The SMILES string of the molecule is C=P(c1ccccc1)(c1ccccc1)c1ccccc1.CC(C)(C)[Si](C)(C)O[C@H](CC(=O)/C=C/c1c(C2CC2)nc2ccccc2c1-c1ccc(F)cc1)CP(C)(C)=O.CC(C)(C)[Si](C)(C)O[C@H](CC(=O)C=P(c1ccccc1)(c1ccccc1)c1ccccc1)CP(C)(C)=O.CC(C)(C)[Si](C)(C)O[C@H](CC(=O)O)CP(C)(C)=O.O=Cc1c(C2CC2)nc2ccccc2c1-c1ccc(F)cc1. The molecule has 2 aliphatic carbocycles. The van der Waals surface area contributed by atoms with Gasteiger partial charge in [-0.3, -0.25) is 29.1 Å². The van der Waals surface area contributed by atoms with Gasteiger partial charge in [0.05, 0.1) is 68.6 Å². The van der Waals surface area contributed by atoms with Gasteiger partial charge in [0.25, 0.3) is 0 Å². The maximum Gasteiger partial charge on any atom is 0.305 e. The Kier molecular flexibility index (Phi) is 37.1. The Labute approximate surface area is 811 Å². The van der Waals surface area contributed by atoms with Gasteiger partial charge in [0.15, 0.2) is 42.8 Å². The van der Waals surface area contributed by atoms with Crippen molar-refractivity contribution in [3.63, 3.8) is 0 Å². The van der Waals surface area contributed by atoms with Crippen molar-refractivity contribution >= 4 is 156 Å². The van der Waals surface area contributed by atoms with Crippen molar-refractivity contribution in [3.05, 3.63) is 319 Å². The molecule has 0 unspecified atom stereocenters. The number of carbonyl (C=O) groups is 4. The van der Waals surface area contributed by atoms with Crippen molar-refractivity contribution < 1.29 is 60.0 Å². The Bertz CT molecular complexity index is 6160. The van der Waals surface area contributed by atoms with Gasteiger partial charge < -0.3 is 32.1 Å². The van der Waals surface area contributed by atoms with E-state index in [1.807, 2.05) is 115 Å². The highest BCUT2D eigenvalue weighted by molar-refractivity contribution is 7.95. The minimum Gasteiger partial charge on any atom is -0.481 e. The molecule has 23 heteroatoms. The maximum absolute atomic E-state index is 14.0. The van der Waals surface area contributed by atoms with E-state index in [2.05, 4.69) is 229 Å². The van der Waals surface area contributed by atoms with E-state index in [0.29, 0.717) is 35.9 Å². The van der Waals surface area contributed by atoms with Crippen molar-refractivity contribution in [1.82, 2.24) is 9.97 Å². The van der Waals surface area contributed by atoms with Gasteiger partial charge in [-0.15, -0.1) is 0 Å². The Morgan fingerprint density at radius 3 is 0.963 bits per heavy atom. The molecule has 0 amide bonds. The summed E-state index contributed by atoms with van der Waals surface area (Å²) >= 11 is 0. The maximum atomic E-state index is 14.0. The second kappa shape index (κ2) is 46.3. The number of hydrogen-bond donors (Lipinski definition) is 1. The first-order valence-corrected chi connectivity index (χ1v) is 67.9. The van der Waals surface area contributed by atoms with Crippen LogP contribution in [0.4, 0.5) is 8.78 Å². The number of fused-ring (bicyclic) bond motifs is 2. The number of pyridine rings is 2. The third-order valence-electron chi connectivity index (χ3n) is 26.1. The zero-order valence-electron chi connectivity index (χ0n) is 83.4. The number of ketones is 2. The summed E-state index contributed by atoms with van der Waals surface area (Å²) in [4.78, 5) is 59.8. The number of nitrogens with zero attached hydrogens (tertiary/aromatic N) is 2. The number of para-hydroxylation sites is 2. The fourth-order valence-corrected chi connectivity index (χ4v) is 30.7. The fourth-order valence-electron chi connectivity index (χ4n) is 16.0. The molecule has 2 aromatic heterocycles. The van der Waals surface area contributed by atoms with Crippen LogP contribution in [0.2, 0.25) is 54.4 Å². The molecule has 0 spiro atoms. The normalized spacial score (nSPS) is 14.2. The Morgan fingerprint density at radius 2 is 0.676 bits per heavy atom. The minimum absolute atomic E-state index is 0.00163. The number of allylic oxidation sites excluding steroid dienone is 1. The van der Waals surface area contributed by atoms with Crippen LogP contribution in [-0.2, 0) is 41.4 Å². The minimum atomic E-state index is -2.41. The lowest BCUT2D eigenvalue weighted by molar-refractivity contribution is -0.138. The molecule has 2 heterocycles. The molecule has 13 nitrogen and oxygen atoms in total. The Morgan fingerprint density at radius 1 is 0.404 bits per heavy atom. The highest BCUT2D eigenvalue weighted by Gasteiger charge is 2.44. The molecule has 14 rings (SSSR count). The predicted octanol–water partition coefficient (Wildman–Crippen LogP) is 27.3. The number of Topliss-reactive ketones (excluding diaryl/α,β-unsaturated/α-hetero) is 1. The zero-order valence-corrected chi connectivity index (χ0v) is 90.9. The first-order chi connectivity index (χ1) is 63.7. The number of benzene rings is 10. The van der Waals surface area contributed by atoms with Gasteiger partial charge in [-0.25, -0.2) is 8.78 Å². The Balaban J connectivity index is 0.000000182. The molecule has 2 saturated carbocycles. The van der Waals surface area contributed by atoms with E-state index in [1.54, 1.807) is 70.3 Å². The van der Waals surface area contributed by atoms with Crippen molar-refractivity contribution in [3.8, 4) is 22.3 Å². The molecule has 2 fully saturated rings. The number of rotatable bonds is 32. The van der Waals surface area contributed by atoms with Crippen LogP contribution >= 0.6 is 35.2 Å². The molecule has 12 aromatic rings. The smallest absolute Gasteiger partial charge is 0.305 e.